The van der Waals surface area contributed by atoms with Crippen molar-refractivity contribution in [1.82, 2.24) is 9.97 Å². The van der Waals surface area contributed by atoms with Crippen LogP contribution in [0, 0.1) is 0 Å². The molecule has 2 unspecified atom stereocenters. The zero-order valence-corrected chi connectivity index (χ0v) is 9.30. The quantitative estimate of drug-likeness (QED) is 0.635. The highest BCUT2D eigenvalue weighted by Crippen LogP contribution is 2.24. The maximum Gasteiger partial charge on any atom is 0.134 e. The Bertz CT molecular complexity index is 359. The lowest BCUT2D eigenvalue weighted by Gasteiger charge is -2.24. The first-order chi connectivity index (χ1) is 7.74. The van der Waals surface area contributed by atoms with E-state index in [-0.39, 0.29) is 12.1 Å². The molecule has 2 atom stereocenters. The normalized spacial score (nSPS) is 24.8. The Labute approximate surface area is 94.5 Å². The lowest BCUT2D eigenvalue weighted by Crippen LogP contribution is -2.36. The van der Waals surface area contributed by atoms with Crippen molar-refractivity contribution in [2.24, 2.45) is 5.73 Å². The molecule has 0 saturated carbocycles. The molecule has 1 aliphatic rings. The van der Waals surface area contributed by atoms with Crippen LogP contribution in [0.4, 0.5) is 11.6 Å². The molecule has 0 amide bonds. The number of rotatable bonds is 3. The van der Waals surface area contributed by atoms with Crippen molar-refractivity contribution in [3.63, 3.8) is 0 Å². The summed E-state index contributed by atoms with van der Waals surface area (Å²) < 4.78 is 0. The van der Waals surface area contributed by atoms with Gasteiger partial charge in [0.25, 0.3) is 0 Å². The fraction of sp³-hybridized carbons (Fsp3) is 0.600. The SMILES string of the molecule is CNc1cc(N2CC(O)CC2CN)ncn1. The second-order valence-corrected chi connectivity index (χ2v) is 3.94. The van der Waals surface area contributed by atoms with E-state index < -0.39 is 0 Å². The van der Waals surface area contributed by atoms with Crippen molar-refractivity contribution < 1.29 is 5.11 Å². The molecule has 4 N–H and O–H groups in total. The van der Waals surface area contributed by atoms with Crippen LogP contribution < -0.4 is 16.0 Å². The molecule has 1 aromatic heterocycles. The van der Waals surface area contributed by atoms with Gasteiger partial charge in [0, 0.05) is 32.2 Å². The summed E-state index contributed by atoms with van der Waals surface area (Å²) in [4.78, 5) is 10.3. The second-order valence-electron chi connectivity index (χ2n) is 3.94. The molecule has 2 heterocycles. The Morgan fingerprint density at radius 1 is 1.62 bits per heavy atom. The highest BCUT2D eigenvalue weighted by atomic mass is 16.3. The molecule has 6 heteroatoms. The van der Waals surface area contributed by atoms with E-state index >= 15 is 0 Å². The summed E-state index contributed by atoms with van der Waals surface area (Å²) in [5, 5.41) is 12.6. The van der Waals surface area contributed by atoms with Crippen molar-refractivity contribution in [3.8, 4) is 0 Å². The van der Waals surface area contributed by atoms with Gasteiger partial charge in [-0.1, -0.05) is 0 Å². The molecule has 1 saturated heterocycles. The van der Waals surface area contributed by atoms with Gasteiger partial charge in [0.15, 0.2) is 0 Å². The van der Waals surface area contributed by atoms with E-state index in [4.69, 9.17) is 5.73 Å². The van der Waals surface area contributed by atoms with Gasteiger partial charge >= 0.3 is 0 Å². The molecule has 0 aliphatic carbocycles. The summed E-state index contributed by atoms with van der Waals surface area (Å²) in [5.74, 6) is 1.58. The van der Waals surface area contributed by atoms with E-state index in [0.29, 0.717) is 19.5 Å². The molecular formula is C10H17N5O. The van der Waals surface area contributed by atoms with Gasteiger partial charge in [0.2, 0.25) is 0 Å². The average molecular weight is 223 g/mol. The third-order valence-electron chi connectivity index (χ3n) is 2.87. The molecule has 1 fully saturated rings. The summed E-state index contributed by atoms with van der Waals surface area (Å²) in [5.41, 5.74) is 5.68. The van der Waals surface area contributed by atoms with E-state index in [9.17, 15) is 5.11 Å². The van der Waals surface area contributed by atoms with E-state index in [1.165, 1.54) is 6.33 Å². The predicted molar refractivity (Wildman–Crippen MR) is 62.4 cm³/mol. The minimum absolute atomic E-state index is 0.162. The van der Waals surface area contributed by atoms with E-state index in [1.54, 1.807) is 0 Å². The number of nitrogens with two attached hydrogens (primary N) is 1. The summed E-state index contributed by atoms with van der Waals surface area (Å²) in [6, 6.07) is 2.02. The maximum absolute atomic E-state index is 9.63. The third kappa shape index (κ3) is 2.07. The Morgan fingerprint density at radius 2 is 2.44 bits per heavy atom. The lowest BCUT2D eigenvalue weighted by molar-refractivity contribution is 0.194. The van der Waals surface area contributed by atoms with Crippen molar-refractivity contribution in [2.75, 3.05) is 30.4 Å². The summed E-state index contributed by atoms with van der Waals surface area (Å²) in [6.07, 6.45) is 1.90. The van der Waals surface area contributed by atoms with Crippen molar-refractivity contribution in [3.05, 3.63) is 12.4 Å². The van der Waals surface area contributed by atoms with Crippen LogP contribution in [0.2, 0.25) is 0 Å². The number of aliphatic hydroxyl groups is 1. The smallest absolute Gasteiger partial charge is 0.134 e. The van der Waals surface area contributed by atoms with Gasteiger partial charge in [-0.3, -0.25) is 0 Å². The van der Waals surface area contributed by atoms with Crippen molar-refractivity contribution in [1.29, 1.82) is 0 Å². The molecule has 0 radical (unpaired) electrons. The third-order valence-corrected chi connectivity index (χ3v) is 2.87. The zero-order valence-electron chi connectivity index (χ0n) is 9.30. The molecule has 0 bridgehead atoms. The Balaban J connectivity index is 2.22. The monoisotopic (exact) mass is 223 g/mol. The van der Waals surface area contributed by atoms with Crippen molar-refractivity contribution >= 4 is 11.6 Å². The number of hydrogen-bond acceptors (Lipinski definition) is 6. The minimum Gasteiger partial charge on any atom is -0.391 e. The van der Waals surface area contributed by atoms with Gasteiger partial charge in [-0.15, -0.1) is 0 Å². The van der Waals surface area contributed by atoms with E-state index in [0.717, 1.165) is 11.6 Å². The largest absolute Gasteiger partial charge is 0.391 e. The maximum atomic E-state index is 9.63. The molecule has 16 heavy (non-hydrogen) atoms. The first kappa shape index (κ1) is 11.1. The number of aromatic nitrogens is 2. The number of β-amino-alcohol motifs (C(OH)–C–C–N with tert-alkyl or cyclic N) is 1. The molecule has 0 spiro atoms. The summed E-state index contributed by atoms with van der Waals surface area (Å²) >= 11 is 0. The second kappa shape index (κ2) is 4.63. The summed E-state index contributed by atoms with van der Waals surface area (Å²) in [7, 11) is 1.81. The number of hydrogen-bond donors (Lipinski definition) is 3. The molecule has 0 aromatic carbocycles. The van der Waals surface area contributed by atoms with Crippen LogP contribution in [0.25, 0.3) is 0 Å². The van der Waals surface area contributed by atoms with Gasteiger partial charge < -0.3 is 21.1 Å². The molecular weight excluding hydrogens is 206 g/mol. The van der Waals surface area contributed by atoms with E-state index in [1.807, 2.05) is 18.0 Å². The number of aliphatic hydroxyl groups excluding tert-OH is 1. The summed E-state index contributed by atoms with van der Waals surface area (Å²) in [6.45, 7) is 1.11. The average Bonchev–Trinajstić information content (AvgIpc) is 2.70. The Hall–Kier alpha value is -1.40. The first-order valence-electron chi connectivity index (χ1n) is 5.39. The fourth-order valence-corrected chi connectivity index (χ4v) is 2.04. The van der Waals surface area contributed by atoms with Crippen LogP contribution in [0.3, 0.4) is 0 Å². The fourth-order valence-electron chi connectivity index (χ4n) is 2.04. The van der Waals surface area contributed by atoms with Crippen LogP contribution in [0.1, 0.15) is 6.42 Å². The van der Waals surface area contributed by atoms with Gasteiger partial charge in [0.1, 0.15) is 18.0 Å². The van der Waals surface area contributed by atoms with Crippen LogP contribution in [0.5, 0.6) is 0 Å². The Morgan fingerprint density at radius 3 is 3.12 bits per heavy atom. The molecule has 2 rings (SSSR count). The molecule has 88 valence electrons. The van der Waals surface area contributed by atoms with Gasteiger partial charge in [-0.05, 0) is 6.42 Å². The molecule has 1 aliphatic heterocycles. The highest BCUT2D eigenvalue weighted by Gasteiger charge is 2.30. The topological polar surface area (TPSA) is 87.3 Å². The van der Waals surface area contributed by atoms with Crippen LogP contribution in [0.15, 0.2) is 12.4 Å². The first-order valence-corrected chi connectivity index (χ1v) is 5.39. The Kier molecular flexibility index (Phi) is 3.21. The van der Waals surface area contributed by atoms with Crippen LogP contribution >= 0.6 is 0 Å². The highest BCUT2D eigenvalue weighted by molar-refractivity contribution is 5.49. The number of nitrogens with zero attached hydrogens (tertiary/aromatic N) is 3. The standard InChI is InChI=1S/C10H17N5O/c1-12-9-3-10(14-6-13-9)15-5-8(16)2-7(15)4-11/h3,6-8,16H,2,4-5,11H2,1H3,(H,12,13,14). The number of anilines is 2. The van der Waals surface area contributed by atoms with Gasteiger partial charge in [-0.25, -0.2) is 9.97 Å². The van der Waals surface area contributed by atoms with Crippen LogP contribution in [-0.4, -0.2) is 47.4 Å². The van der Waals surface area contributed by atoms with Gasteiger partial charge in [-0.2, -0.15) is 0 Å². The molecule has 1 aromatic rings. The van der Waals surface area contributed by atoms with Gasteiger partial charge in [0.05, 0.1) is 6.10 Å². The predicted octanol–water partition coefficient (Wildman–Crippen LogP) is -0.583. The van der Waals surface area contributed by atoms with Crippen molar-refractivity contribution in [2.45, 2.75) is 18.6 Å². The zero-order chi connectivity index (χ0) is 11.5. The van der Waals surface area contributed by atoms with Crippen LogP contribution in [-0.2, 0) is 0 Å². The van der Waals surface area contributed by atoms with E-state index in [2.05, 4.69) is 15.3 Å². The number of nitrogens with one attached hydrogen (secondary N) is 1. The minimum atomic E-state index is -0.318. The molecule has 6 nitrogen and oxygen atoms in total. The lowest BCUT2D eigenvalue weighted by atomic mass is 10.2.